The molecule has 0 saturated heterocycles. The van der Waals surface area contributed by atoms with E-state index in [9.17, 15) is 9.59 Å². The van der Waals surface area contributed by atoms with Crippen molar-refractivity contribution in [3.63, 3.8) is 0 Å². The number of benzene rings is 4. The summed E-state index contributed by atoms with van der Waals surface area (Å²) in [6.07, 6.45) is 0. The molecule has 3 N–H and O–H groups in total. The predicted molar refractivity (Wildman–Crippen MR) is 138 cm³/mol. The quantitative estimate of drug-likeness (QED) is 0.282. The fraction of sp³-hybridized carbons (Fsp3) is 0. The molecule has 4 aromatic carbocycles. The van der Waals surface area contributed by atoms with Crippen LogP contribution in [-0.4, -0.2) is 16.9 Å². The molecule has 0 unspecified atom stereocenters. The number of hydrogen-bond donors (Lipinski definition) is 3. The largest absolute Gasteiger partial charge is 0.332 e. The van der Waals surface area contributed by atoms with Gasteiger partial charge >= 0.3 is 0 Å². The molecule has 5 nitrogen and oxygen atoms in total. The lowest BCUT2D eigenvalue weighted by atomic mass is 10.0. The lowest BCUT2D eigenvalue weighted by molar-refractivity contribution is 0.0978. The van der Waals surface area contributed by atoms with Gasteiger partial charge in [-0.3, -0.25) is 14.9 Å². The first-order chi connectivity index (χ1) is 15.9. The van der Waals surface area contributed by atoms with Gasteiger partial charge in [-0.1, -0.05) is 65.7 Å². The van der Waals surface area contributed by atoms with Gasteiger partial charge in [-0.05, 0) is 60.1 Å². The van der Waals surface area contributed by atoms with Crippen molar-refractivity contribution in [1.82, 2.24) is 5.32 Å². The summed E-state index contributed by atoms with van der Waals surface area (Å²) in [6, 6.07) is 24.5. The highest BCUT2D eigenvalue weighted by Crippen LogP contribution is 2.26. The minimum atomic E-state index is -0.358. The Morgan fingerprint density at radius 3 is 2.03 bits per heavy atom. The molecule has 0 spiro atoms. The van der Waals surface area contributed by atoms with E-state index in [1.807, 2.05) is 12.1 Å². The summed E-state index contributed by atoms with van der Waals surface area (Å²) in [5.74, 6) is -0.688. The zero-order valence-electron chi connectivity index (χ0n) is 17.1. The fourth-order valence-electron chi connectivity index (χ4n) is 3.32. The lowest BCUT2D eigenvalue weighted by Gasteiger charge is -2.13. The molecule has 0 radical (unpaired) electrons. The third-order valence-electron chi connectivity index (χ3n) is 4.84. The third-order valence-corrected chi connectivity index (χ3v) is 5.70. The van der Waals surface area contributed by atoms with Crippen molar-refractivity contribution in [3.8, 4) is 0 Å². The normalized spacial score (nSPS) is 10.5. The maximum Gasteiger partial charge on any atom is 0.258 e. The van der Waals surface area contributed by atoms with Gasteiger partial charge in [0.1, 0.15) is 0 Å². The maximum absolute atomic E-state index is 12.8. The molecule has 0 heterocycles. The van der Waals surface area contributed by atoms with Crippen LogP contribution in [0.25, 0.3) is 10.8 Å². The molecule has 8 heteroatoms. The Morgan fingerprint density at radius 1 is 0.636 bits per heavy atom. The van der Waals surface area contributed by atoms with Gasteiger partial charge in [-0.25, -0.2) is 0 Å². The highest BCUT2D eigenvalue weighted by atomic mass is 35.5. The van der Waals surface area contributed by atoms with E-state index in [1.54, 1.807) is 72.8 Å². The van der Waals surface area contributed by atoms with Gasteiger partial charge in [-0.15, -0.1) is 0 Å². The van der Waals surface area contributed by atoms with Crippen molar-refractivity contribution in [2.24, 2.45) is 0 Å². The SMILES string of the molecule is O=C(Nc1cccc(NC(=S)NC(=O)c2cccc3c(Cl)cccc23)c1)c1ccccc1Cl. The first-order valence-corrected chi connectivity index (χ1v) is 11.0. The molecule has 4 rings (SSSR count). The van der Waals surface area contributed by atoms with Gasteiger partial charge in [0.15, 0.2) is 5.11 Å². The van der Waals surface area contributed by atoms with Crippen LogP contribution < -0.4 is 16.0 Å². The Kier molecular flexibility index (Phi) is 6.89. The number of hydrogen-bond acceptors (Lipinski definition) is 3. The van der Waals surface area contributed by atoms with Gasteiger partial charge in [-0.2, -0.15) is 0 Å². The van der Waals surface area contributed by atoms with E-state index < -0.39 is 0 Å². The fourth-order valence-corrected chi connectivity index (χ4v) is 3.99. The van der Waals surface area contributed by atoms with Gasteiger partial charge < -0.3 is 10.6 Å². The van der Waals surface area contributed by atoms with E-state index in [1.165, 1.54) is 0 Å². The van der Waals surface area contributed by atoms with Crippen LogP contribution in [0.15, 0.2) is 84.9 Å². The maximum atomic E-state index is 12.8. The topological polar surface area (TPSA) is 70.2 Å². The molecule has 4 aromatic rings. The summed E-state index contributed by atoms with van der Waals surface area (Å²) < 4.78 is 0. The van der Waals surface area contributed by atoms with Crippen molar-refractivity contribution in [3.05, 3.63) is 106 Å². The van der Waals surface area contributed by atoms with Crippen LogP contribution in [0.4, 0.5) is 11.4 Å². The number of halogens is 2. The Hall–Kier alpha value is -3.45. The predicted octanol–water partition coefficient (Wildman–Crippen LogP) is 6.53. The second kappa shape index (κ2) is 10.0. The van der Waals surface area contributed by atoms with Crippen LogP contribution in [0, 0.1) is 0 Å². The molecule has 0 aliphatic heterocycles. The Bertz CT molecular complexity index is 1390. The van der Waals surface area contributed by atoms with Crippen LogP contribution >= 0.6 is 35.4 Å². The molecular formula is C25H17Cl2N3O2S. The van der Waals surface area contributed by atoms with Crippen molar-refractivity contribution in [2.75, 3.05) is 10.6 Å². The zero-order valence-corrected chi connectivity index (χ0v) is 19.4. The highest BCUT2D eigenvalue weighted by Gasteiger charge is 2.13. The lowest BCUT2D eigenvalue weighted by Crippen LogP contribution is -2.34. The Balaban J connectivity index is 1.44. The molecule has 0 fully saturated rings. The third kappa shape index (κ3) is 5.31. The average molecular weight is 494 g/mol. The van der Waals surface area contributed by atoms with Crippen molar-refractivity contribution in [2.45, 2.75) is 0 Å². The number of rotatable bonds is 4. The molecule has 33 heavy (non-hydrogen) atoms. The monoisotopic (exact) mass is 493 g/mol. The Morgan fingerprint density at radius 2 is 1.24 bits per heavy atom. The van der Waals surface area contributed by atoms with Crippen LogP contribution in [0.2, 0.25) is 10.0 Å². The van der Waals surface area contributed by atoms with Crippen LogP contribution in [-0.2, 0) is 0 Å². The van der Waals surface area contributed by atoms with Gasteiger partial charge in [0, 0.05) is 27.3 Å². The first-order valence-electron chi connectivity index (χ1n) is 9.88. The number of thiocarbonyl (C=S) groups is 1. The second-order valence-electron chi connectivity index (χ2n) is 7.06. The number of carbonyl (C=O) groups excluding carboxylic acids is 2. The van der Waals surface area contributed by atoms with Crippen LogP contribution in [0.5, 0.6) is 0 Å². The van der Waals surface area contributed by atoms with E-state index >= 15 is 0 Å². The Labute approximate surface area is 205 Å². The average Bonchev–Trinajstić information content (AvgIpc) is 2.79. The van der Waals surface area contributed by atoms with Gasteiger partial charge in [0.2, 0.25) is 0 Å². The van der Waals surface area contributed by atoms with E-state index in [0.717, 1.165) is 10.8 Å². The number of amides is 2. The van der Waals surface area contributed by atoms with Gasteiger partial charge in [0.05, 0.1) is 10.6 Å². The highest BCUT2D eigenvalue weighted by molar-refractivity contribution is 7.80. The minimum Gasteiger partial charge on any atom is -0.332 e. The summed E-state index contributed by atoms with van der Waals surface area (Å²) >= 11 is 17.6. The molecule has 0 bridgehead atoms. The summed E-state index contributed by atoms with van der Waals surface area (Å²) in [6.45, 7) is 0. The van der Waals surface area contributed by atoms with Gasteiger partial charge in [0.25, 0.3) is 11.8 Å². The molecule has 164 valence electrons. The van der Waals surface area contributed by atoms with Crippen molar-refractivity contribution in [1.29, 1.82) is 0 Å². The van der Waals surface area contributed by atoms with Crippen LogP contribution in [0.1, 0.15) is 20.7 Å². The molecule has 2 amide bonds. The molecule has 0 aromatic heterocycles. The van der Waals surface area contributed by atoms with Crippen molar-refractivity contribution >= 4 is 74.5 Å². The van der Waals surface area contributed by atoms with E-state index in [2.05, 4.69) is 16.0 Å². The minimum absolute atomic E-state index is 0.119. The first kappa shape index (κ1) is 22.7. The van der Waals surface area contributed by atoms with Crippen LogP contribution in [0.3, 0.4) is 0 Å². The van der Waals surface area contributed by atoms with E-state index in [-0.39, 0.29) is 16.9 Å². The summed E-state index contributed by atoms with van der Waals surface area (Å²) in [5.41, 5.74) is 1.97. The number of nitrogens with one attached hydrogen (secondary N) is 3. The standard InChI is InChI=1S/C25H17Cl2N3O2S/c26-21-13-5-9-17-18(21)10-4-11-19(17)23(31)30-25(33)29-16-7-3-6-15(14-16)28-24(32)20-8-1-2-12-22(20)27/h1-14H,(H,28,32)(H2,29,30,31,33). The number of fused-ring (bicyclic) bond motifs is 1. The summed E-state index contributed by atoms with van der Waals surface area (Å²) in [5, 5.41) is 11.0. The van der Waals surface area contributed by atoms with E-state index in [0.29, 0.717) is 32.5 Å². The number of carbonyl (C=O) groups is 2. The summed E-state index contributed by atoms with van der Waals surface area (Å²) in [7, 11) is 0. The summed E-state index contributed by atoms with van der Waals surface area (Å²) in [4.78, 5) is 25.3. The van der Waals surface area contributed by atoms with E-state index in [4.69, 9.17) is 35.4 Å². The molecule has 0 aliphatic carbocycles. The second-order valence-corrected chi connectivity index (χ2v) is 8.29. The smallest absolute Gasteiger partial charge is 0.258 e. The molecule has 0 aliphatic rings. The molecule has 0 atom stereocenters. The zero-order chi connectivity index (χ0) is 23.4. The number of anilines is 2. The molecule has 0 saturated carbocycles. The van der Waals surface area contributed by atoms with Crippen molar-refractivity contribution < 1.29 is 9.59 Å². The molecular weight excluding hydrogens is 477 g/mol.